The van der Waals surface area contributed by atoms with E-state index >= 15 is 0 Å². The monoisotopic (exact) mass is 280 g/mol. The van der Waals surface area contributed by atoms with Gasteiger partial charge in [0.2, 0.25) is 0 Å². The van der Waals surface area contributed by atoms with Crippen molar-refractivity contribution in [1.29, 1.82) is 0 Å². The lowest BCUT2D eigenvalue weighted by Gasteiger charge is -2.21. The fraction of sp³-hybridized carbons (Fsp3) is 0.533. The van der Waals surface area contributed by atoms with Crippen molar-refractivity contribution in [2.24, 2.45) is 5.73 Å². The van der Waals surface area contributed by atoms with E-state index in [2.05, 4.69) is 0 Å². The first-order valence-corrected chi connectivity index (χ1v) is 6.90. The SMILES string of the molecule is CC(C)OCCOC(=O)N(CCN)Cc1ccccc1. The maximum absolute atomic E-state index is 12.0. The Balaban J connectivity index is 2.42. The van der Waals surface area contributed by atoms with E-state index in [1.807, 2.05) is 44.2 Å². The Hall–Kier alpha value is -1.59. The average Bonchev–Trinajstić information content (AvgIpc) is 2.44. The molecule has 0 bridgehead atoms. The minimum absolute atomic E-state index is 0.137. The van der Waals surface area contributed by atoms with Gasteiger partial charge in [0, 0.05) is 19.6 Å². The summed E-state index contributed by atoms with van der Waals surface area (Å²) in [6.07, 6.45) is -0.218. The molecule has 20 heavy (non-hydrogen) atoms. The van der Waals surface area contributed by atoms with E-state index in [1.165, 1.54) is 0 Å². The molecule has 1 rings (SSSR count). The quantitative estimate of drug-likeness (QED) is 0.740. The van der Waals surface area contributed by atoms with Gasteiger partial charge in [-0.3, -0.25) is 0 Å². The first-order valence-electron chi connectivity index (χ1n) is 6.90. The summed E-state index contributed by atoms with van der Waals surface area (Å²) in [5.74, 6) is 0. The summed E-state index contributed by atoms with van der Waals surface area (Å²) < 4.78 is 10.5. The van der Waals surface area contributed by atoms with Crippen molar-refractivity contribution < 1.29 is 14.3 Å². The summed E-state index contributed by atoms with van der Waals surface area (Å²) in [6, 6.07) is 9.77. The lowest BCUT2D eigenvalue weighted by atomic mass is 10.2. The molecular formula is C15H24N2O3. The van der Waals surface area contributed by atoms with Gasteiger partial charge in [0.05, 0.1) is 12.7 Å². The molecule has 0 heterocycles. The summed E-state index contributed by atoms with van der Waals surface area (Å²) in [4.78, 5) is 13.6. The maximum Gasteiger partial charge on any atom is 0.410 e. The van der Waals surface area contributed by atoms with Crippen LogP contribution in [-0.2, 0) is 16.0 Å². The molecule has 0 aliphatic rings. The van der Waals surface area contributed by atoms with E-state index in [9.17, 15) is 4.79 Å². The summed E-state index contributed by atoms with van der Waals surface area (Å²) in [5, 5.41) is 0. The lowest BCUT2D eigenvalue weighted by molar-refractivity contribution is 0.0288. The second kappa shape index (κ2) is 9.34. The number of hydrogen-bond donors (Lipinski definition) is 1. The van der Waals surface area contributed by atoms with Crippen LogP contribution in [-0.4, -0.2) is 43.4 Å². The molecule has 1 aromatic carbocycles. The molecule has 0 aliphatic heterocycles. The van der Waals surface area contributed by atoms with Gasteiger partial charge in [-0.25, -0.2) is 4.79 Å². The standard InChI is InChI=1S/C15H24N2O3/c1-13(2)19-10-11-20-15(18)17(9-8-16)12-14-6-4-3-5-7-14/h3-7,13H,8-12,16H2,1-2H3. The van der Waals surface area contributed by atoms with Crippen molar-refractivity contribution in [1.82, 2.24) is 4.90 Å². The Kier molecular flexibility index (Phi) is 7.69. The van der Waals surface area contributed by atoms with Crippen molar-refractivity contribution in [3.05, 3.63) is 35.9 Å². The molecule has 112 valence electrons. The first-order chi connectivity index (χ1) is 9.63. The summed E-state index contributed by atoms with van der Waals surface area (Å²) in [6.45, 7) is 5.93. The molecule has 0 radical (unpaired) electrons. The number of carbonyl (C=O) groups excluding carboxylic acids is 1. The number of nitrogens with two attached hydrogens (primary N) is 1. The molecule has 0 fully saturated rings. The summed E-state index contributed by atoms with van der Waals surface area (Å²) in [5.41, 5.74) is 6.59. The van der Waals surface area contributed by atoms with Crippen molar-refractivity contribution in [3.63, 3.8) is 0 Å². The Bertz CT molecular complexity index is 382. The Morgan fingerprint density at radius 3 is 2.55 bits per heavy atom. The second-order valence-corrected chi connectivity index (χ2v) is 4.73. The molecule has 0 aliphatic carbocycles. The van der Waals surface area contributed by atoms with Gasteiger partial charge in [0.15, 0.2) is 0 Å². The van der Waals surface area contributed by atoms with E-state index in [1.54, 1.807) is 4.90 Å². The van der Waals surface area contributed by atoms with Crippen LogP contribution in [0.2, 0.25) is 0 Å². The van der Waals surface area contributed by atoms with Gasteiger partial charge < -0.3 is 20.1 Å². The smallest absolute Gasteiger partial charge is 0.410 e. The molecule has 0 aromatic heterocycles. The van der Waals surface area contributed by atoms with Crippen LogP contribution in [0, 0.1) is 0 Å². The Labute approximate surface area is 120 Å². The Morgan fingerprint density at radius 2 is 1.95 bits per heavy atom. The average molecular weight is 280 g/mol. The van der Waals surface area contributed by atoms with Crippen LogP contribution >= 0.6 is 0 Å². The van der Waals surface area contributed by atoms with Crippen LogP contribution < -0.4 is 5.73 Å². The molecule has 5 nitrogen and oxygen atoms in total. The normalized spacial score (nSPS) is 10.6. The zero-order valence-electron chi connectivity index (χ0n) is 12.2. The zero-order chi connectivity index (χ0) is 14.8. The summed E-state index contributed by atoms with van der Waals surface area (Å²) in [7, 11) is 0. The third-order valence-electron chi connectivity index (χ3n) is 2.63. The second-order valence-electron chi connectivity index (χ2n) is 4.73. The molecule has 1 aromatic rings. The van der Waals surface area contributed by atoms with Crippen LogP contribution in [0.1, 0.15) is 19.4 Å². The minimum atomic E-state index is -0.355. The van der Waals surface area contributed by atoms with Gasteiger partial charge in [-0.15, -0.1) is 0 Å². The van der Waals surface area contributed by atoms with E-state index < -0.39 is 0 Å². The highest BCUT2D eigenvalue weighted by atomic mass is 16.6. The fourth-order valence-corrected chi connectivity index (χ4v) is 1.70. The first kappa shape index (κ1) is 16.5. The predicted molar refractivity (Wildman–Crippen MR) is 78.3 cm³/mol. The van der Waals surface area contributed by atoms with Crippen LogP contribution in [0.25, 0.3) is 0 Å². The Morgan fingerprint density at radius 1 is 1.25 bits per heavy atom. The van der Waals surface area contributed by atoms with Gasteiger partial charge in [-0.05, 0) is 19.4 Å². The van der Waals surface area contributed by atoms with Crippen molar-refractivity contribution in [2.45, 2.75) is 26.5 Å². The summed E-state index contributed by atoms with van der Waals surface area (Å²) >= 11 is 0. The minimum Gasteiger partial charge on any atom is -0.447 e. The largest absolute Gasteiger partial charge is 0.447 e. The van der Waals surface area contributed by atoms with E-state index in [4.69, 9.17) is 15.2 Å². The van der Waals surface area contributed by atoms with Gasteiger partial charge in [-0.1, -0.05) is 30.3 Å². The third kappa shape index (κ3) is 6.54. The van der Waals surface area contributed by atoms with Gasteiger partial charge >= 0.3 is 6.09 Å². The number of nitrogens with zero attached hydrogens (tertiary/aromatic N) is 1. The predicted octanol–water partition coefficient (Wildman–Crippen LogP) is 2.01. The van der Waals surface area contributed by atoms with E-state index in [0.717, 1.165) is 5.56 Å². The molecule has 0 saturated heterocycles. The van der Waals surface area contributed by atoms with Crippen LogP contribution in [0.4, 0.5) is 4.79 Å². The van der Waals surface area contributed by atoms with Gasteiger partial charge in [0.25, 0.3) is 0 Å². The third-order valence-corrected chi connectivity index (χ3v) is 2.63. The molecule has 0 saturated carbocycles. The molecule has 0 unspecified atom stereocenters. The zero-order valence-corrected chi connectivity index (χ0v) is 12.2. The van der Waals surface area contributed by atoms with Crippen molar-refractivity contribution in [3.8, 4) is 0 Å². The maximum atomic E-state index is 12.0. The number of amides is 1. The molecule has 0 spiro atoms. The fourth-order valence-electron chi connectivity index (χ4n) is 1.70. The van der Waals surface area contributed by atoms with Crippen LogP contribution in [0.3, 0.4) is 0 Å². The molecule has 0 atom stereocenters. The topological polar surface area (TPSA) is 64.8 Å². The van der Waals surface area contributed by atoms with Crippen LogP contribution in [0.5, 0.6) is 0 Å². The number of benzene rings is 1. The highest BCUT2D eigenvalue weighted by Gasteiger charge is 2.14. The molecule has 5 heteroatoms. The molecular weight excluding hydrogens is 256 g/mol. The lowest BCUT2D eigenvalue weighted by Crippen LogP contribution is -2.36. The highest BCUT2D eigenvalue weighted by Crippen LogP contribution is 2.05. The van der Waals surface area contributed by atoms with Gasteiger partial charge in [-0.2, -0.15) is 0 Å². The molecule has 2 N–H and O–H groups in total. The van der Waals surface area contributed by atoms with Crippen molar-refractivity contribution in [2.75, 3.05) is 26.3 Å². The van der Waals surface area contributed by atoms with E-state index in [0.29, 0.717) is 26.2 Å². The van der Waals surface area contributed by atoms with Crippen molar-refractivity contribution >= 4 is 6.09 Å². The molecule has 1 amide bonds. The number of rotatable bonds is 8. The highest BCUT2D eigenvalue weighted by molar-refractivity contribution is 5.67. The van der Waals surface area contributed by atoms with Crippen LogP contribution in [0.15, 0.2) is 30.3 Å². The number of carbonyl (C=O) groups is 1. The number of ether oxygens (including phenoxy) is 2. The van der Waals surface area contributed by atoms with Gasteiger partial charge in [0.1, 0.15) is 6.61 Å². The number of hydrogen-bond acceptors (Lipinski definition) is 4. The van der Waals surface area contributed by atoms with E-state index in [-0.39, 0.29) is 18.8 Å².